The number of pyridine rings is 1. The molecular formula is C12H17N3O. The van der Waals surface area contributed by atoms with Crippen LogP contribution in [0.2, 0.25) is 0 Å². The largest absolute Gasteiger partial charge is 0.351 e. The minimum atomic E-state index is -0.00887. The molecule has 0 aromatic carbocycles. The normalized spacial score (nSPS) is 20.4. The van der Waals surface area contributed by atoms with Crippen molar-refractivity contribution in [1.29, 1.82) is 0 Å². The van der Waals surface area contributed by atoms with Crippen molar-refractivity contribution in [2.75, 3.05) is 6.54 Å². The monoisotopic (exact) mass is 219 g/mol. The van der Waals surface area contributed by atoms with Crippen LogP contribution in [0.3, 0.4) is 0 Å². The van der Waals surface area contributed by atoms with Gasteiger partial charge in [0.1, 0.15) is 0 Å². The molecule has 1 unspecified atom stereocenters. The molecule has 0 saturated carbocycles. The standard InChI is InChI=1S/C12H17N3O/c16-12(11-5-1-2-7-14-11)15-9-10-4-3-6-13-8-10/h3-4,6,8,11,14H,1-2,5,7,9H2,(H,15,16). The van der Waals surface area contributed by atoms with Crippen LogP contribution in [0.25, 0.3) is 0 Å². The summed E-state index contributed by atoms with van der Waals surface area (Å²) in [4.78, 5) is 15.8. The minimum absolute atomic E-state index is 0.00887. The van der Waals surface area contributed by atoms with E-state index in [1.54, 1.807) is 12.4 Å². The van der Waals surface area contributed by atoms with Gasteiger partial charge in [-0.25, -0.2) is 0 Å². The molecule has 2 heterocycles. The molecule has 0 radical (unpaired) electrons. The number of nitrogens with one attached hydrogen (secondary N) is 2. The Morgan fingerprint density at radius 1 is 1.56 bits per heavy atom. The molecule has 2 N–H and O–H groups in total. The highest BCUT2D eigenvalue weighted by atomic mass is 16.2. The van der Waals surface area contributed by atoms with Crippen molar-refractivity contribution in [3.05, 3.63) is 30.1 Å². The summed E-state index contributed by atoms with van der Waals surface area (Å²) in [7, 11) is 0. The Kier molecular flexibility index (Phi) is 3.88. The number of carbonyl (C=O) groups excluding carboxylic acids is 1. The summed E-state index contributed by atoms with van der Waals surface area (Å²) in [6.07, 6.45) is 6.76. The Morgan fingerprint density at radius 2 is 2.50 bits per heavy atom. The van der Waals surface area contributed by atoms with Crippen LogP contribution in [0.1, 0.15) is 24.8 Å². The summed E-state index contributed by atoms with van der Waals surface area (Å²) in [5.74, 6) is 0.101. The number of rotatable bonds is 3. The van der Waals surface area contributed by atoms with Gasteiger partial charge in [-0.2, -0.15) is 0 Å². The van der Waals surface area contributed by atoms with Crippen molar-refractivity contribution in [2.45, 2.75) is 31.8 Å². The molecule has 86 valence electrons. The van der Waals surface area contributed by atoms with Gasteiger partial charge in [0.15, 0.2) is 0 Å². The average Bonchev–Trinajstić information content (AvgIpc) is 2.38. The van der Waals surface area contributed by atoms with E-state index in [9.17, 15) is 4.79 Å². The molecule has 1 aromatic heterocycles. The number of amides is 1. The molecule has 0 spiro atoms. The van der Waals surface area contributed by atoms with Crippen LogP contribution < -0.4 is 10.6 Å². The summed E-state index contributed by atoms with van der Waals surface area (Å²) in [6.45, 7) is 1.51. The van der Waals surface area contributed by atoms with Crippen molar-refractivity contribution in [3.8, 4) is 0 Å². The molecule has 1 aliphatic rings. The SMILES string of the molecule is O=C(NCc1cccnc1)C1CCCCN1. The van der Waals surface area contributed by atoms with Gasteiger partial charge >= 0.3 is 0 Å². The number of carbonyl (C=O) groups is 1. The van der Waals surface area contributed by atoms with E-state index in [0.29, 0.717) is 6.54 Å². The highest BCUT2D eigenvalue weighted by Crippen LogP contribution is 2.07. The summed E-state index contributed by atoms with van der Waals surface area (Å²) >= 11 is 0. The van der Waals surface area contributed by atoms with E-state index in [4.69, 9.17) is 0 Å². The third-order valence-electron chi connectivity index (χ3n) is 2.82. The van der Waals surface area contributed by atoms with Gasteiger partial charge in [0, 0.05) is 18.9 Å². The van der Waals surface area contributed by atoms with E-state index in [1.165, 1.54) is 6.42 Å². The molecule has 1 aromatic rings. The Balaban J connectivity index is 1.79. The first-order valence-electron chi connectivity index (χ1n) is 5.76. The van der Waals surface area contributed by atoms with Crippen molar-refractivity contribution in [1.82, 2.24) is 15.6 Å². The predicted octanol–water partition coefficient (Wildman–Crippen LogP) is 0.840. The molecule has 1 aliphatic heterocycles. The first-order valence-corrected chi connectivity index (χ1v) is 5.76. The second-order valence-electron chi connectivity index (χ2n) is 4.08. The van der Waals surface area contributed by atoms with Crippen LogP contribution in [0.4, 0.5) is 0 Å². The van der Waals surface area contributed by atoms with Gasteiger partial charge < -0.3 is 10.6 Å². The molecule has 1 atom stereocenters. The maximum Gasteiger partial charge on any atom is 0.237 e. The fourth-order valence-electron chi connectivity index (χ4n) is 1.89. The van der Waals surface area contributed by atoms with Crippen molar-refractivity contribution in [3.63, 3.8) is 0 Å². The molecule has 4 heteroatoms. The lowest BCUT2D eigenvalue weighted by Crippen LogP contribution is -2.46. The quantitative estimate of drug-likeness (QED) is 0.792. The third kappa shape index (κ3) is 3.03. The molecule has 0 aliphatic carbocycles. The summed E-state index contributed by atoms with van der Waals surface area (Å²) in [5.41, 5.74) is 1.03. The third-order valence-corrected chi connectivity index (χ3v) is 2.82. The Hall–Kier alpha value is -1.42. The lowest BCUT2D eigenvalue weighted by atomic mass is 10.0. The van der Waals surface area contributed by atoms with Crippen molar-refractivity contribution in [2.24, 2.45) is 0 Å². The van der Waals surface area contributed by atoms with E-state index in [2.05, 4.69) is 15.6 Å². The van der Waals surface area contributed by atoms with Crippen LogP contribution in [-0.2, 0) is 11.3 Å². The lowest BCUT2D eigenvalue weighted by molar-refractivity contribution is -0.123. The van der Waals surface area contributed by atoms with Gasteiger partial charge in [0.05, 0.1) is 6.04 Å². The summed E-state index contributed by atoms with van der Waals surface area (Å²) < 4.78 is 0. The predicted molar refractivity (Wildman–Crippen MR) is 61.7 cm³/mol. The second-order valence-corrected chi connectivity index (χ2v) is 4.08. The second kappa shape index (κ2) is 5.61. The topological polar surface area (TPSA) is 54.0 Å². The van der Waals surface area contributed by atoms with E-state index in [-0.39, 0.29) is 11.9 Å². The number of hydrogen-bond acceptors (Lipinski definition) is 3. The molecule has 16 heavy (non-hydrogen) atoms. The Morgan fingerprint density at radius 3 is 3.19 bits per heavy atom. The van der Waals surface area contributed by atoms with E-state index in [1.807, 2.05) is 12.1 Å². The number of aromatic nitrogens is 1. The number of piperidine rings is 1. The molecule has 1 amide bonds. The van der Waals surface area contributed by atoms with Crippen LogP contribution in [0.15, 0.2) is 24.5 Å². The molecule has 0 bridgehead atoms. The lowest BCUT2D eigenvalue weighted by Gasteiger charge is -2.22. The van der Waals surface area contributed by atoms with Gasteiger partial charge in [-0.1, -0.05) is 12.5 Å². The Labute approximate surface area is 95.5 Å². The molecule has 1 saturated heterocycles. The average molecular weight is 219 g/mol. The van der Waals surface area contributed by atoms with Gasteiger partial charge in [-0.05, 0) is 31.0 Å². The van der Waals surface area contributed by atoms with E-state index >= 15 is 0 Å². The maximum absolute atomic E-state index is 11.8. The van der Waals surface area contributed by atoms with Crippen molar-refractivity contribution >= 4 is 5.91 Å². The van der Waals surface area contributed by atoms with Crippen LogP contribution in [0, 0.1) is 0 Å². The highest BCUT2D eigenvalue weighted by Gasteiger charge is 2.19. The molecule has 1 fully saturated rings. The van der Waals surface area contributed by atoms with Gasteiger partial charge in [0.25, 0.3) is 0 Å². The summed E-state index contributed by atoms with van der Waals surface area (Å²) in [5, 5.41) is 6.15. The van der Waals surface area contributed by atoms with Crippen LogP contribution >= 0.6 is 0 Å². The first kappa shape index (κ1) is 11.1. The molecule has 2 rings (SSSR count). The smallest absolute Gasteiger partial charge is 0.237 e. The number of hydrogen-bond donors (Lipinski definition) is 2. The van der Waals surface area contributed by atoms with E-state index < -0.39 is 0 Å². The van der Waals surface area contributed by atoms with Gasteiger partial charge in [-0.3, -0.25) is 9.78 Å². The highest BCUT2D eigenvalue weighted by molar-refractivity contribution is 5.81. The summed E-state index contributed by atoms with van der Waals surface area (Å²) in [6, 6.07) is 3.83. The fraction of sp³-hybridized carbons (Fsp3) is 0.500. The van der Waals surface area contributed by atoms with Crippen molar-refractivity contribution < 1.29 is 4.79 Å². The van der Waals surface area contributed by atoms with Crippen LogP contribution in [0.5, 0.6) is 0 Å². The van der Waals surface area contributed by atoms with E-state index in [0.717, 1.165) is 24.9 Å². The minimum Gasteiger partial charge on any atom is -0.351 e. The zero-order chi connectivity index (χ0) is 11.2. The maximum atomic E-state index is 11.8. The fourth-order valence-corrected chi connectivity index (χ4v) is 1.89. The zero-order valence-corrected chi connectivity index (χ0v) is 9.28. The molecular weight excluding hydrogens is 202 g/mol. The van der Waals surface area contributed by atoms with Crippen LogP contribution in [-0.4, -0.2) is 23.5 Å². The Bertz CT molecular complexity index is 333. The molecule has 4 nitrogen and oxygen atoms in total. The number of nitrogens with zero attached hydrogens (tertiary/aromatic N) is 1. The first-order chi connectivity index (χ1) is 7.86. The van der Waals surface area contributed by atoms with Gasteiger partial charge in [0.2, 0.25) is 5.91 Å². The zero-order valence-electron chi connectivity index (χ0n) is 9.28. The van der Waals surface area contributed by atoms with Gasteiger partial charge in [-0.15, -0.1) is 0 Å².